The van der Waals surface area contributed by atoms with Crippen LogP contribution in [-0.4, -0.2) is 82.9 Å². The third-order valence-electron chi connectivity index (χ3n) is 4.98. The molecule has 0 aliphatic rings. The molecule has 0 bridgehead atoms. The second-order valence-electron chi connectivity index (χ2n) is 8.06. The van der Waals surface area contributed by atoms with Gasteiger partial charge >= 0.3 is 23.9 Å². The fourth-order valence-electron chi connectivity index (χ4n) is 3.10. The summed E-state index contributed by atoms with van der Waals surface area (Å²) in [5.41, 5.74) is 0.297. The Morgan fingerprint density at radius 2 is 1.53 bits per heavy atom. The van der Waals surface area contributed by atoms with Gasteiger partial charge in [0.2, 0.25) is 5.91 Å². The van der Waals surface area contributed by atoms with Crippen LogP contribution in [0.25, 0.3) is 0 Å². The summed E-state index contributed by atoms with van der Waals surface area (Å²) < 4.78 is 6.47. The zero-order valence-electron chi connectivity index (χ0n) is 20.6. The van der Waals surface area contributed by atoms with E-state index in [-0.39, 0.29) is 38.4 Å². The average molecular weight is 650 g/mol. The Morgan fingerprint density at radius 1 is 0.895 bits per heavy atom. The van der Waals surface area contributed by atoms with Gasteiger partial charge in [-0.1, -0.05) is 0 Å². The van der Waals surface area contributed by atoms with Gasteiger partial charge in [0.25, 0.3) is 5.91 Å². The first-order valence-electron chi connectivity index (χ1n) is 11.6. The first kappa shape index (κ1) is 32.4. The normalized spacial score (nSPS) is 11.9. The number of hydrogen-bond donors (Lipinski definition) is 7. The number of urea groups is 1. The number of carbonyl (C=O) groups excluding carboxylic acids is 3. The van der Waals surface area contributed by atoms with E-state index in [1.54, 1.807) is 18.2 Å². The number of carboxylic acids is 3. The van der Waals surface area contributed by atoms with Gasteiger partial charge in [-0.2, -0.15) is 0 Å². The molecular formula is C23H31IN4O10. The molecule has 4 amide bonds. The number of ether oxygens (including phenoxy) is 1. The zero-order chi connectivity index (χ0) is 28.7. The fourth-order valence-corrected chi connectivity index (χ4v) is 3.57. The van der Waals surface area contributed by atoms with Crippen LogP contribution in [0.3, 0.4) is 0 Å². The van der Waals surface area contributed by atoms with E-state index in [0.717, 1.165) is 3.57 Å². The van der Waals surface area contributed by atoms with Crippen molar-refractivity contribution in [2.45, 2.75) is 51.1 Å². The van der Waals surface area contributed by atoms with Crippen molar-refractivity contribution in [2.75, 3.05) is 19.7 Å². The van der Waals surface area contributed by atoms with Crippen LogP contribution in [0.5, 0.6) is 5.75 Å². The van der Waals surface area contributed by atoms with Crippen LogP contribution in [0.15, 0.2) is 18.2 Å². The van der Waals surface area contributed by atoms with Crippen LogP contribution < -0.4 is 26.0 Å². The number of rotatable bonds is 17. The van der Waals surface area contributed by atoms with E-state index in [2.05, 4.69) is 43.9 Å². The van der Waals surface area contributed by atoms with Crippen LogP contribution in [0.4, 0.5) is 4.79 Å². The van der Waals surface area contributed by atoms with Crippen molar-refractivity contribution in [2.24, 2.45) is 0 Å². The summed E-state index contributed by atoms with van der Waals surface area (Å²) >= 11 is 2.08. The molecule has 0 radical (unpaired) electrons. The number of carboxylic acid groups (broad SMARTS) is 3. The maximum Gasteiger partial charge on any atom is 0.326 e. The first-order valence-corrected chi connectivity index (χ1v) is 12.7. The third-order valence-corrected chi connectivity index (χ3v) is 5.65. The largest absolute Gasteiger partial charge is 0.491 e. The average Bonchev–Trinajstić information content (AvgIpc) is 2.82. The predicted octanol–water partition coefficient (Wildman–Crippen LogP) is 0.777. The van der Waals surface area contributed by atoms with Gasteiger partial charge < -0.3 is 41.3 Å². The van der Waals surface area contributed by atoms with Gasteiger partial charge in [0.05, 0.1) is 12.1 Å². The molecule has 14 nitrogen and oxygen atoms in total. The van der Waals surface area contributed by atoms with Crippen molar-refractivity contribution in [3.63, 3.8) is 0 Å². The number of nitrogens with one attached hydrogen (secondary N) is 4. The molecular weight excluding hydrogens is 619 g/mol. The SMILES string of the molecule is CC(=O)NCCOc1cc(I)ccc1C(=O)NCCCC[C@H](NC(=O)N[C@@H](CCC(=O)O)C(=O)O)C(=O)O. The smallest absolute Gasteiger partial charge is 0.326 e. The molecule has 0 aliphatic heterocycles. The van der Waals surface area contributed by atoms with Crippen molar-refractivity contribution in [3.8, 4) is 5.75 Å². The molecule has 0 spiro atoms. The van der Waals surface area contributed by atoms with Gasteiger partial charge in [-0.05, 0) is 66.5 Å². The number of benzene rings is 1. The predicted molar refractivity (Wildman–Crippen MR) is 141 cm³/mol. The molecule has 1 aromatic carbocycles. The van der Waals surface area contributed by atoms with E-state index in [1.807, 2.05) is 0 Å². The summed E-state index contributed by atoms with van der Waals surface area (Å²) in [6.45, 7) is 2.04. The van der Waals surface area contributed by atoms with E-state index < -0.39 is 48.4 Å². The Kier molecular flexibility index (Phi) is 14.5. The summed E-state index contributed by atoms with van der Waals surface area (Å²) in [6.07, 6.45) is -0.146. The lowest BCUT2D eigenvalue weighted by Gasteiger charge is -2.18. The van der Waals surface area contributed by atoms with Gasteiger partial charge in [0.1, 0.15) is 24.4 Å². The van der Waals surface area contributed by atoms with Crippen molar-refractivity contribution in [3.05, 3.63) is 27.3 Å². The van der Waals surface area contributed by atoms with Crippen LogP contribution in [-0.2, 0) is 19.2 Å². The molecule has 1 aromatic rings. The molecule has 1 rings (SSSR count). The second kappa shape index (κ2) is 17.0. The van der Waals surface area contributed by atoms with E-state index in [9.17, 15) is 33.9 Å². The minimum Gasteiger partial charge on any atom is -0.491 e. The highest BCUT2D eigenvalue weighted by molar-refractivity contribution is 14.1. The van der Waals surface area contributed by atoms with E-state index >= 15 is 0 Å². The maximum absolute atomic E-state index is 12.6. The number of halogens is 1. The topological polar surface area (TPSA) is 220 Å². The van der Waals surface area contributed by atoms with Gasteiger partial charge in [-0.15, -0.1) is 0 Å². The highest BCUT2D eigenvalue weighted by Crippen LogP contribution is 2.21. The number of aliphatic carboxylic acids is 3. The zero-order valence-corrected chi connectivity index (χ0v) is 22.8. The maximum atomic E-state index is 12.6. The minimum atomic E-state index is -1.49. The van der Waals surface area contributed by atoms with Crippen molar-refractivity contribution >= 4 is 58.3 Å². The highest BCUT2D eigenvalue weighted by atomic mass is 127. The van der Waals surface area contributed by atoms with Crippen LogP contribution >= 0.6 is 22.6 Å². The monoisotopic (exact) mass is 650 g/mol. The number of unbranched alkanes of at least 4 members (excludes halogenated alkanes) is 1. The Morgan fingerprint density at radius 3 is 2.11 bits per heavy atom. The lowest BCUT2D eigenvalue weighted by atomic mass is 10.1. The molecule has 15 heteroatoms. The van der Waals surface area contributed by atoms with E-state index in [0.29, 0.717) is 24.2 Å². The molecule has 38 heavy (non-hydrogen) atoms. The molecule has 0 unspecified atom stereocenters. The Labute approximate surface area is 232 Å². The van der Waals surface area contributed by atoms with E-state index in [4.69, 9.17) is 14.9 Å². The summed E-state index contributed by atoms with van der Waals surface area (Å²) in [4.78, 5) is 68.9. The van der Waals surface area contributed by atoms with Gasteiger partial charge in [0, 0.05) is 23.5 Å². The molecule has 210 valence electrons. The van der Waals surface area contributed by atoms with Gasteiger partial charge in [0.15, 0.2) is 0 Å². The molecule has 0 fully saturated rings. The van der Waals surface area contributed by atoms with Gasteiger partial charge in [-0.25, -0.2) is 14.4 Å². The van der Waals surface area contributed by atoms with Crippen LogP contribution in [0.2, 0.25) is 0 Å². The fraction of sp³-hybridized carbons (Fsp3) is 0.478. The van der Waals surface area contributed by atoms with E-state index in [1.165, 1.54) is 6.92 Å². The summed E-state index contributed by atoms with van der Waals surface area (Å²) in [5.74, 6) is -4.26. The molecule has 7 N–H and O–H groups in total. The summed E-state index contributed by atoms with van der Waals surface area (Å²) in [7, 11) is 0. The van der Waals surface area contributed by atoms with Crippen molar-refractivity contribution in [1.82, 2.24) is 21.3 Å². The molecule has 0 aliphatic carbocycles. The number of amides is 4. The van der Waals surface area contributed by atoms with Crippen LogP contribution in [0, 0.1) is 3.57 Å². The lowest BCUT2D eigenvalue weighted by Crippen LogP contribution is -2.51. The van der Waals surface area contributed by atoms with Crippen molar-refractivity contribution in [1.29, 1.82) is 0 Å². The second-order valence-corrected chi connectivity index (χ2v) is 9.30. The Balaban J connectivity index is 2.53. The highest BCUT2D eigenvalue weighted by Gasteiger charge is 2.24. The van der Waals surface area contributed by atoms with Crippen LogP contribution in [0.1, 0.15) is 49.4 Å². The van der Waals surface area contributed by atoms with Gasteiger partial charge in [-0.3, -0.25) is 14.4 Å². The Bertz CT molecular complexity index is 1020. The number of carbonyl (C=O) groups is 6. The quantitative estimate of drug-likeness (QED) is 0.0928. The minimum absolute atomic E-state index is 0.00648. The molecule has 2 atom stereocenters. The molecule has 0 aromatic heterocycles. The van der Waals surface area contributed by atoms with Crippen molar-refractivity contribution < 1.29 is 48.8 Å². The molecule has 0 saturated heterocycles. The third kappa shape index (κ3) is 13.1. The first-order chi connectivity index (χ1) is 17.9. The number of hydrogen-bond acceptors (Lipinski definition) is 7. The standard InChI is InChI=1S/C23H31IN4O10/c1-13(29)25-10-11-38-18-12-14(24)5-6-15(18)20(32)26-9-3-2-4-16(21(33)34)27-23(37)28-17(22(35)36)7-8-19(30)31/h5-6,12,16-17H,2-4,7-11H2,1H3,(H,25,29)(H,26,32)(H,30,31)(H,33,34)(H,35,36)(H2,27,28,37)/t16-,17-/m0/s1. The summed E-state index contributed by atoms with van der Waals surface area (Å²) in [6, 6.07) is 1.17. The Hall–Kier alpha value is -3.63. The molecule has 0 heterocycles. The molecule has 0 saturated carbocycles. The lowest BCUT2D eigenvalue weighted by molar-refractivity contribution is -0.140. The summed E-state index contributed by atoms with van der Waals surface area (Å²) in [5, 5.41) is 36.7.